The molecule has 1 fully saturated rings. The quantitative estimate of drug-likeness (QED) is 0.617. The van der Waals surface area contributed by atoms with E-state index in [9.17, 15) is 21.6 Å². The van der Waals surface area contributed by atoms with Gasteiger partial charge in [0, 0.05) is 25.3 Å². The van der Waals surface area contributed by atoms with E-state index in [4.69, 9.17) is 0 Å². The Kier molecular flexibility index (Phi) is 5.31. The summed E-state index contributed by atoms with van der Waals surface area (Å²) in [6.07, 6.45) is -1.89. The van der Waals surface area contributed by atoms with Crippen LogP contribution in [0.1, 0.15) is 37.2 Å². The number of aromatic nitrogens is 3. The molecule has 2 aromatic heterocycles. The molecular formula is C20H21F3N4O2S. The molecule has 0 radical (unpaired) electrons. The van der Waals surface area contributed by atoms with Crippen molar-refractivity contribution in [2.75, 3.05) is 13.1 Å². The van der Waals surface area contributed by atoms with Crippen LogP contribution >= 0.6 is 0 Å². The van der Waals surface area contributed by atoms with E-state index in [-0.39, 0.29) is 42.0 Å². The van der Waals surface area contributed by atoms with Crippen LogP contribution in [0.15, 0.2) is 47.5 Å². The fourth-order valence-electron chi connectivity index (χ4n) is 3.86. The number of sulfonamides is 1. The molecule has 30 heavy (non-hydrogen) atoms. The van der Waals surface area contributed by atoms with Crippen LogP contribution in [0.3, 0.4) is 0 Å². The lowest BCUT2D eigenvalue weighted by Crippen LogP contribution is -2.39. The van der Waals surface area contributed by atoms with Crippen LogP contribution in [0.2, 0.25) is 0 Å². The van der Waals surface area contributed by atoms with Crippen LogP contribution in [-0.4, -0.2) is 40.3 Å². The van der Waals surface area contributed by atoms with Crippen LogP contribution in [0.4, 0.5) is 13.2 Å². The molecule has 0 unspecified atom stereocenters. The summed E-state index contributed by atoms with van der Waals surface area (Å²) in [6.45, 7) is 2.25. The number of halogens is 3. The summed E-state index contributed by atoms with van der Waals surface area (Å²) in [5, 5.41) is 0. The van der Waals surface area contributed by atoms with Crippen LogP contribution in [0.5, 0.6) is 0 Å². The Bertz CT molecular complexity index is 1150. The number of nitrogens with zero attached hydrogens (tertiary/aromatic N) is 4. The second-order valence-electron chi connectivity index (χ2n) is 7.28. The molecule has 6 nitrogen and oxygen atoms in total. The molecule has 0 bridgehead atoms. The van der Waals surface area contributed by atoms with E-state index in [1.807, 2.05) is 6.92 Å². The molecule has 3 aromatic rings. The summed E-state index contributed by atoms with van der Waals surface area (Å²) in [5.41, 5.74) is 1.38. The summed E-state index contributed by atoms with van der Waals surface area (Å²) < 4.78 is 69.0. The topological polar surface area (TPSA) is 68.1 Å². The van der Waals surface area contributed by atoms with E-state index in [0.717, 1.165) is 16.6 Å². The number of rotatable bonds is 4. The number of imidazole rings is 1. The lowest BCUT2D eigenvalue weighted by atomic mass is 10.1. The number of pyridine rings is 1. The Hall–Kier alpha value is -2.46. The molecule has 10 heteroatoms. The van der Waals surface area contributed by atoms with Crippen molar-refractivity contribution in [1.29, 1.82) is 0 Å². The van der Waals surface area contributed by atoms with Gasteiger partial charge in [0.2, 0.25) is 15.8 Å². The number of fused-ring (bicyclic) bond motifs is 1. The third-order valence-electron chi connectivity index (χ3n) is 5.46. The number of hydrogen-bond acceptors (Lipinski definition) is 4. The largest absolute Gasteiger partial charge is 0.449 e. The van der Waals surface area contributed by atoms with Gasteiger partial charge < -0.3 is 4.57 Å². The number of aryl methyl sites for hydroxylation is 1. The molecule has 0 spiro atoms. The lowest BCUT2D eigenvalue weighted by molar-refractivity contribution is -0.147. The molecule has 1 aliphatic heterocycles. The third-order valence-corrected chi connectivity index (χ3v) is 7.37. The fourth-order valence-corrected chi connectivity index (χ4v) is 5.33. The number of alkyl halides is 3. The monoisotopic (exact) mass is 438 g/mol. The summed E-state index contributed by atoms with van der Waals surface area (Å²) in [6, 6.07) is 9.21. The molecular weight excluding hydrogens is 417 g/mol. The average Bonchev–Trinajstić information content (AvgIpc) is 3.14. The lowest BCUT2D eigenvalue weighted by Gasteiger charge is -2.32. The minimum atomic E-state index is -4.62. The van der Waals surface area contributed by atoms with Crippen molar-refractivity contribution in [3.8, 4) is 0 Å². The molecule has 1 saturated heterocycles. The smallest absolute Gasteiger partial charge is 0.302 e. The molecule has 0 N–H and O–H groups in total. The predicted octanol–water partition coefficient (Wildman–Crippen LogP) is 4.04. The first-order chi connectivity index (χ1) is 14.2. The number of benzene rings is 1. The first-order valence-electron chi connectivity index (χ1n) is 9.71. The van der Waals surface area contributed by atoms with Crippen molar-refractivity contribution in [3.05, 3.63) is 54.0 Å². The highest BCUT2D eigenvalue weighted by molar-refractivity contribution is 7.89. The fraction of sp³-hybridized carbons (Fsp3) is 0.400. The number of hydrogen-bond donors (Lipinski definition) is 0. The Morgan fingerprint density at radius 2 is 1.77 bits per heavy atom. The molecule has 3 heterocycles. The molecule has 1 aliphatic rings. The van der Waals surface area contributed by atoms with Crippen LogP contribution in [0.25, 0.3) is 11.2 Å². The van der Waals surface area contributed by atoms with Gasteiger partial charge >= 0.3 is 6.18 Å². The summed E-state index contributed by atoms with van der Waals surface area (Å²) in [7, 11) is -3.69. The molecule has 0 amide bonds. The summed E-state index contributed by atoms with van der Waals surface area (Å²) in [4.78, 5) is 8.02. The van der Waals surface area contributed by atoms with Crippen molar-refractivity contribution >= 4 is 21.2 Å². The van der Waals surface area contributed by atoms with Crippen molar-refractivity contribution < 1.29 is 21.6 Å². The van der Waals surface area contributed by atoms with Gasteiger partial charge in [-0.25, -0.2) is 18.4 Å². The van der Waals surface area contributed by atoms with E-state index in [1.165, 1.54) is 16.6 Å². The SMILES string of the molecule is CCc1ccc(S(=O)(=O)N2CCC(n3c(C(F)(F)F)nc4cccnc43)CC2)cc1. The first-order valence-corrected chi connectivity index (χ1v) is 11.1. The van der Waals surface area contributed by atoms with Crippen LogP contribution < -0.4 is 0 Å². The van der Waals surface area contributed by atoms with E-state index in [1.54, 1.807) is 30.3 Å². The van der Waals surface area contributed by atoms with Gasteiger partial charge in [-0.2, -0.15) is 17.5 Å². The highest BCUT2D eigenvalue weighted by Crippen LogP contribution is 2.36. The third kappa shape index (κ3) is 3.69. The van der Waals surface area contributed by atoms with Gasteiger partial charge in [0.1, 0.15) is 5.52 Å². The van der Waals surface area contributed by atoms with Crippen LogP contribution in [0, 0.1) is 0 Å². The summed E-state index contributed by atoms with van der Waals surface area (Å²) >= 11 is 0. The van der Waals surface area contributed by atoms with Crippen molar-refractivity contribution in [2.45, 2.75) is 43.3 Å². The van der Waals surface area contributed by atoms with Gasteiger partial charge in [-0.1, -0.05) is 19.1 Å². The molecule has 1 aromatic carbocycles. The zero-order chi connectivity index (χ0) is 21.5. The minimum Gasteiger partial charge on any atom is -0.302 e. The van der Waals surface area contributed by atoms with Crippen LogP contribution in [-0.2, 0) is 22.6 Å². The molecule has 0 saturated carbocycles. The van der Waals surface area contributed by atoms with Gasteiger partial charge in [-0.15, -0.1) is 0 Å². The van der Waals surface area contributed by atoms with Gasteiger partial charge in [0.05, 0.1) is 4.90 Å². The van der Waals surface area contributed by atoms with Crippen molar-refractivity contribution in [2.24, 2.45) is 0 Å². The van der Waals surface area contributed by atoms with Gasteiger partial charge in [-0.3, -0.25) is 0 Å². The molecule has 0 aliphatic carbocycles. The average molecular weight is 438 g/mol. The molecule has 4 rings (SSSR count). The van der Waals surface area contributed by atoms with Crippen molar-refractivity contribution in [3.63, 3.8) is 0 Å². The zero-order valence-corrected chi connectivity index (χ0v) is 17.1. The van der Waals surface area contributed by atoms with Crippen molar-refractivity contribution in [1.82, 2.24) is 18.8 Å². The van der Waals surface area contributed by atoms with E-state index in [2.05, 4.69) is 9.97 Å². The maximum Gasteiger partial charge on any atom is 0.449 e. The maximum atomic E-state index is 13.6. The van der Waals surface area contributed by atoms with E-state index in [0.29, 0.717) is 0 Å². The molecule has 160 valence electrons. The van der Waals surface area contributed by atoms with Gasteiger partial charge in [0.15, 0.2) is 5.65 Å². The standard InChI is InChI=1S/C20H21F3N4O2S/c1-2-14-5-7-16(8-6-14)30(28,29)26-12-9-15(10-13-26)27-18-17(4-3-11-24-18)25-19(27)20(21,22)23/h3-8,11,15H,2,9-10,12-13H2,1H3. The molecule has 0 atom stereocenters. The summed E-state index contributed by atoms with van der Waals surface area (Å²) in [5.74, 6) is -0.993. The van der Waals surface area contributed by atoms with Gasteiger partial charge in [0.25, 0.3) is 0 Å². The highest BCUT2D eigenvalue weighted by Gasteiger charge is 2.41. The Morgan fingerprint density at radius 3 is 2.37 bits per heavy atom. The highest BCUT2D eigenvalue weighted by atomic mass is 32.2. The first kappa shape index (κ1) is 20.8. The normalized spacial score (nSPS) is 16.9. The Labute approximate surface area is 172 Å². The van der Waals surface area contributed by atoms with Gasteiger partial charge in [-0.05, 0) is 49.1 Å². The zero-order valence-electron chi connectivity index (χ0n) is 16.3. The van der Waals surface area contributed by atoms with E-state index >= 15 is 0 Å². The Morgan fingerprint density at radius 1 is 1.10 bits per heavy atom. The second-order valence-corrected chi connectivity index (χ2v) is 9.22. The predicted molar refractivity (Wildman–Crippen MR) is 105 cm³/mol. The second kappa shape index (κ2) is 7.66. The number of piperidine rings is 1. The maximum absolute atomic E-state index is 13.6. The van der Waals surface area contributed by atoms with E-state index < -0.39 is 28.1 Å². The Balaban J connectivity index is 1.59. The minimum absolute atomic E-state index is 0.131.